The number of alkyl halides is 3. The molecule has 1 fully saturated rings. The molecular weight excluding hydrogens is 429 g/mol. The number of amides is 4. The number of carbonyl (C=O) groups excluding carboxylic acids is 3. The van der Waals surface area contributed by atoms with Crippen LogP contribution in [0, 0.1) is 0 Å². The fraction of sp³-hybridized carbons (Fsp3) is 0.238. The number of aromatic nitrogens is 1. The lowest BCUT2D eigenvalue weighted by molar-refractivity contribution is -0.156. The number of benzene rings is 2. The van der Waals surface area contributed by atoms with Gasteiger partial charge in [-0.1, -0.05) is 30.3 Å². The molecule has 1 aromatic heterocycles. The van der Waals surface area contributed by atoms with Gasteiger partial charge >= 0.3 is 18.1 Å². The van der Waals surface area contributed by atoms with Gasteiger partial charge in [-0.15, -0.1) is 0 Å². The highest BCUT2D eigenvalue weighted by atomic mass is 19.4. The van der Waals surface area contributed by atoms with Gasteiger partial charge in [0.25, 0.3) is 5.91 Å². The van der Waals surface area contributed by atoms with Crippen molar-refractivity contribution in [2.45, 2.75) is 24.6 Å². The molecule has 1 saturated heterocycles. The maximum absolute atomic E-state index is 13.1. The molecular formula is C21H15F3N4O4. The average Bonchev–Trinajstić information content (AvgIpc) is 3.40. The fourth-order valence-corrected chi connectivity index (χ4v) is 4.24. The Labute approximate surface area is 178 Å². The maximum atomic E-state index is 13.1. The first-order valence-corrected chi connectivity index (χ1v) is 9.68. The van der Waals surface area contributed by atoms with Gasteiger partial charge in [0.15, 0.2) is 5.58 Å². The molecule has 32 heavy (non-hydrogen) atoms. The third-order valence-corrected chi connectivity index (χ3v) is 5.66. The van der Waals surface area contributed by atoms with Crippen LogP contribution < -0.4 is 10.6 Å². The van der Waals surface area contributed by atoms with Gasteiger partial charge in [0.05, 0.1) is 5.69 Å². The highest BCUT2D eigenvalue weighted by Gasteiger charge is 2.55. The van der Waals surface area contributed by atoms with Crippen molar-refractivity contribution in [1.82, 2.24) is 15.2 Å². The van der Waals surface area contributed by atoms with Gasteiger partial charge in [-0.3, -0.25) is 14.5 Å². The highest BCUT2D eigenvalue weighted by molar-refractivity contribution is 6.11. The normalized spacial score (nSPS) is 20.2. The Kier molecular flexibility index (Phi) is 4.26. The lowest BCUT2D eigenvalue weighted by Crippen LogP contribution is -2.43. The van der Waals surface area contributed by atoms with Crippen LogP contribution in [-0.4, -0.2) is 34.3 Å². The predicted octanol–water partition coefficient (Wildman–Crippen LogP) is 3.18. The lowest BCUT2D eigenvalue weighted by atomic mass is 9.92. The van der Waals surface area contributed by atoms with E-state index in [2.05, 4.69) is 15.6 Å². The third kappa shape index (κ3) is 3.00. The first-order chi connectivity index (χ1) is 15.2. The van der Waals surface area contributed by atoms with Crippen LogP contribution in [0.3, 0.4) is 0 Å². The second-order valence-corrected chi connectivity index (χ2v) is 7.60. The van der Waals surface area contributed by atoms with Crippen LogP contribution in [0.4, 0.5) is 23.7 Å². The third-order valence-electron chi connectivity index (χ3n) is 5.66. The predicted molar refractivity (Wildman–Crippen MR) is 104 cm³/mol. The van der Waals surface area contributed by atoms with Gasteiger partial charge in [-0.05, 0) is 36.1 Å². The van der Waals surface area contributed by atoms with E-state index in [0.717, 1.165) is 10.5 Å². The van der Waals surface area contributed by atoms with Crippen molar-refractivity contribution >= 4 is 34.6 Å². The number of imide groups is 1. The van der Waals surface area contributed by atoms with E-state index >= 15 is 0 Å². The van der Waals surface area contributed by atoms with Crippen LogP contribution in [0.25, 0.3) is 11.1 Å². The Morgan fingerprint density at radius 3 is 2.75 bits per heavy atom. The summed E-state index contributed by atoms with van der Waals surface area (Å²) in [4.78, 5) is 42.5. The molecule has 8 nitrogen and oxygen atoms in total. The number of carbonyl (C=O) groups is 3. The number of nitrogens with zero attached hydrogens (tertiary/aromatic N) is 2. The van der Waals surface area contributed by atoms with Crippen molar-refractivity contribution in [3.05, 3.63) is 59.5 Å². The minimum Gasteiger partial charge on any atom is -0.433 e. The lowest BCUT2D eigenvalue weighted by Gasteiger charge is -2.22. The molecule has 2 aromatic carbocycles. The standard InChI is InChI=1S/C21H15F3N4O4/c22-21(23,24)17-26-16-13(6-3-7-14(16)32-17)25-15(29)10-28-18(30)20(27-19(28)31)9-8-11-4-1-2-5-12(11)20/h1-7H,8-10H2,(H,25,29)(H,27,31)/t20-/m1/s1. The largest absolute Gasteiger partial charge is 0.468 e. The van der Waals surface area contributed by atoms with Crippen molar-refractivity contribution in [2.24, 2.45) is 0 Å². The van der Waals surface area contributed by atoms with Gasteiger partial charge in [-0.2, -0.15) is 13.2 Å². The van der Waals surface area contributed by atoms with E-state index in [1.807, 2.05) is 12.1 Å². The molecule has 0 radical (unpaired) electrons. The minimum absolute atomic E-state index is 0.0280. The smallest absolute Gasteiger partial charge is 0.433 e. The van der Waals surface area contributed by atoms with E-state index in [0.29, 0.717) is 18.4 Å². The minimum atomic E-state index is -4.79. The number of urea groups is 1. The summed E-state index contributed by atoms with van der Waals surface area (Å²) in [5, 5.41) is 5.12. The summed E-state index contributed by atoms with van der Waals surface area (Å²) in [7, 11) is 0. The summed E-state index contributed by atoms with van der Waals surface area (Å²) < 4.78 is 43.4. The Morgan fingerprint density at radius 1 is 1.19 bits per heavy atom. The van der Waals surface area contributed by atoms with Crippen LogP contribution in [0.15, 0.2) is 46.9 Å². The van der Waals surface area contributed by atoms with Gasteiger partial charge in [0, 0.05) is 0 Å². The molecule has 1 atom stereocenters. The molecule has 0 saturated carbocycles. The molecule has 2 aliphatic rings. The summed E-state index contributed by atoms with van der Waals surface area (Å²) in [6.45, 7) is -0.602. The molecule has 11 heteroatoms. The van der Waals surface area contributed by atoms with Crippen molar-refractivity contribution < 1.29 is 32.0 Å². The quantitative estimate of drug-likeness (QED) is 0.604. The molecule has 1 spiro atoms. The maximum Gasteiger partial charge on any atom is 0.468 e. The molecule has 0 bridgehead atoms. The van der Waals surface area contributed by atoms with Crippen molar-refractivity contribution in [1.29, 1.82) is 0 Å². The number of oxazole rings is 1. The van der Waals surface area contributed by atoms with Crippen LogP contribution in [-0.2, 0) is 27.7 Å². The molecule has 1 aliphatic heterocycles. The highest BCUT2D eigenvalue weighted by Crippen LogP contribution is 2.41. The van der Waals surface area contributed by atoms with E-state index in [-0.39, 0.29) is 16.8 Å². The van der Waals surface area contributed by atoms with Gasteiger partial charge in [-0.25, -0.2) is 9.78 Å². The van der Waals surface area contributed by atoms with Gasteiger partial charge in [0.1, 0.15) is 17.6 Å². The first kappa shape index (κ1) is 20.0. The summed E-state index contributed by atoms with van der Waals surface area (Å²) in [5.41, 5.74) is 0.0682. The number of fused-ring (bicyclic) bond motifs is 3. The number of aryl methyl sites for hydroxylation is 1. The molecule has 164 valence electrons. The van der Waals surface area contributed by atoms with Crippen LogP contribution in [0.5, 0.6) is 0 Å². The van der Waals surface area contributed by atoms with E-state index < -0.39 is 42.0 Å². The monoisotopic (exact) mass is 444 g/mol. The summed E-state index contributed by atoms with van der Waals surface area (Å²) >= 11 is 0. The Bertz CT molecular complexity index is 1290. The number of para-hydroxylation sites is 1. The second-order valence-electron chi connectivity index (χ2n) is 7.60. The molecule has 3 aromatic rings. The Morgan fingerprint density at radius 2 is 1.97 bits per heavy atom. The molecule has 1 aliphatic carbocycles. The molecule has 2 N–H and O–H groups in total. The zero-order valence-corrected chi connectivity index (χ0v) is 16.3. The van der Waals surface area contributed by atoms with Crippen molar-refractivity contribution in [3.63, 3.8) is 0 Å². The van der Waals surface area contributed by atoms with Crippen LogP contribution >= 0.6 is 0 Å². The van der Waals surface area contributed by atoms with Gasteiger partial charge in [0.2, 0.25) is 5.91 Å². The zero-order chi connectivity index (χ0) is 22.7. The van der Waals surface area contributed by atoms with Crippen molar-refractivity contribution in [3.8, 4) is 0 Å². The van der Waals surface area contributed by atoms with Crippen LogP contribution in [0.2, 0.25) is 0 Å². The number of hydrogen-bond acceptors (Lipinski definition) is 5. The average molecular weight is 444 g/mol. The number of rotatable bonds is 3. The molecule has 0 unspecified atom stereocenters. The first-order valence-electron chi connectivity index (χ1n) is 9.68. The van der Waals surface area contributed by atoms with E-state index in [1.165, 1.54) is 18.2 Å². The summed E-state index contributed by atoms with van der Waals surface area (Å²) in [6.07, 6.45) is -3.79. The van der Waals surface area contributed by atoms with E-state index in [1.54, 1.807) is 12.1 Å². The fourth-order valence-electron chi connectivity index (χ4n) is 4.24. The Balaban J connectivity index is 1.37. The molecule has 5 rings (SSSR count). The SMILES string of the molecule is O=C(CN1C(=O)N[C@@]2(CCc3ccccc32)C1=O)Nc1cccc2oc(C(F)(F)F)nc12. The van der Waals surface area contributed by atoms with E-state index in [4.69, 9.17) is 4.42 Å². The van der Waals surface area contributed by atoms with Gasteiger partial charge < -0.3 is 15.1 Å². The second kappa shape index (κ2) is 6.81. The van der Waals surface area contributed by atoms with E-state index in [9.17, 15) is 27.6 Å². The Hall–Kier alpha value is -3.89. The number of halogens is 3. The topological polar surface area (TPSA) is 105 Å². The zero-order valence-electron chi connectivity index (χ0n) is 16.3. The summed E-state index contributed by atoms with van der Waals surface area (Å²) in [6, 6.07) is 10.6. The van der Waals surface area contributed by atoms with Crippen LogP contribution in [0.1, 0.15) is 23.4 Å². The van der Waals surface area contributed by atoms with Crippen molar-refractivity contribution in [2.75, 3.05) is 11.9 Å². The number of nitrogens with one attached hydrogen (secondary N) is 2. The number of anilines is 1. The summed E-state index contributed by atoms with van der Waals surface area (Å²) in [5.74, 6) is -2.74. The molecule has 2 heterocycles. The molecule has 4 amide bonds. The number of hydrogen-bond donors (Lipinski definition) is 2.